The number of nitrogens with zero attached hydrogens (tertiary/aromatic N) is 1. The van der Waals surface area contributed by atoms with Gasteiger partial charge in [-0.2, -0.15) is 0 Å². The van der Waals surface area contributed by atoms with Gasteiger partial charge in [-0.05, 0) is 43.2 Å². The average molecular weight is 404 g/mol. The van der Waals surface area contributed by atoms with Gasteiger partial charge in [0.05, 0.1) is 24.5 Å². The summed E-state index contributed by atoms with van der Waals surface area (Å²) in [6, 6.07) is 20.9. The van der Waals surface area contributed by atoms with E-state index >= 15 is 0 Å². The SMILES string of the molecule is CCOC(=O)C(c1ccc(O)cn1)C(Cc1ccccc1)NC(=O)c1ccccc1. The molecule has 0 spiro atoms. The van der Waals surface area contributed by atoms with Gasteiger partial charge < -0.3 is 15.2 Å². The molecular formula is C24H24N2O4. The number of aromatic nitrogens is 1. The molecule has 1 amide bonds. The lowest BCUT2D eigenvalue weighted by Gasteiger charge is -2.26. The van der Waals surface area contributed by atoms with E-state index in [9.17, 15) is 14.7 Å². The van der Waals surface area contributed by atoms with E-state index in [1.165, 1.54) is 12.3 Å². The summed E-state index contributed by atoms with van der Waals surface area (Å²) in [4.78, 5) is 30.0. The fourth-order valence-corrected chi connectivity index (χ4v) is 3.27. The van der Waals surface area contributed by atoms with Gasteiger partial charge in [0.25, 0.3) is 5.91 Å². The highest BCUT2D eigenvalue weighted by Crippen LogP contribution is 2.25. The number of aromatic hydroxyl groups is 1. The molecule has 2 aromatic carbocycles. The van der Waals surface area contributed by atoms with E-state index in [0.29, 0.717) is 17.7 Å². The van der Waals surface area contributed by atoms with Gasteiger partial charge in [0, 0.05) is 5.56 Å². The zero-order chi connectivity index (χ0) is 21.3. The lowest BCUT2D eigenvalue weighted by molar-refractivity contribution is -0.145. The Morgan fingerprint density at radius 1 is 1.00 bits per heavy atom. The van der Waals surface area contributed by atoms with Gasteiger partial charge in [0.2, 0.25) is 0 Å². The Morgan fingerprint density at radius 3 is 2.27 bits per heavy atom. The Bertz CT molecular complexity index is 960. The van der Waals surface area contributed by atoms with Crippen molar-refractivity contribution in [1.82, 2.24) is 10.3 Å². The number of ether oxygens (including phenoxy) is 1. The second kappa shape index (κ2) is 10.2. The molecule has 1 heterocycles. The molecule has 0 aliphatic heterocycles. The zero-order valence-electron chi connectivity index (χ0n) is 16.7. The summed E-state index contributed by atoms with van der Waals surface area (Å²) < 4.78 is 5.30. The van der Waals surface area contributed by atoms with Gasteiger partial charge >= 0.3 is 5.97 Å². The molecule has 2 unspecified atom stereocenters. The smallest absolute Gasteiger partial charge is 0.317 e. The van der Waals surface area contributed by atoms with Gasteiger partial charge in [0.1, 0.15) is 11.7 Å². The molecule has 0 bridgehead atoms. The maximum absolute atomic E-state index is 12.9. The van der Waals surface area contributed by atoms with Crippen molar-refractivity contribution in [3.63, 3.8) is 0 Å². The third-order valence-corrected chi connectivity index (χ3v) is 4.68. The van der Waals surface area contributed by atoms with Crippen LogP contribution in [0.1, 0.15) is 34.5 Å². The highest BCUT2D eigenvalue weighted by molar-refractivity contribution is 5.95. The summed E-state index contributed by atoms with van der Waals surface area (Å²) in [7, 11) is 0. The van der Waals surface area contributed by atoms with Crippen molar-refractivity contribution in [3.8, 4) is 5.75 Å². The van der Waals surface area contributed by atoms with E-state index < -0.39 is 17.9 Å². The molecule has 0 saturated carbocycles. The second-order valence-electron chi connectivity index (χ2n) is 6.81. The molecule has 0 aliphatic rings. The van der Waals surface area contributed by atoms with Crippen LogP contribution < -0.4 is 5.32 Å². The van der Waals surface area contributed by atoms with Crippen LogP contribution in [0.4, 0.5) is 0 Å². The van der Waals surface area contributed by atoms with Crippen LogP contribution in [-0.4, -0.2) is 34.6 Å². The minimum absolute atomic E-state index is 0.00529. The van der Waals surface area contributed by atoms with Crippen LogP contribution in [-0.2, 0) is 16.0 Å². The van der Waals surface area contributed by atoms with Crippen molar-refractivity contribution >= 4 is 11.9 Å². The molecule has 30 heavy (non-hydrogen) atoms. The molecule has 0 radical (unpaired) electrons. The van der Waals surface area contributed by atoms with Crippen molar-refractivity contribution in [2.45, 2.75) is 25.3 Å². The van der Waals surface area contributed by atoms with Crippen molar-refractivity contribution in [3.05, 3.63) is 95.8 Å². The van der Waals surface area contributed by atoms with Crippen molar-refractivity contribution in [2.24, 2.45) is 0 Å². The molecule has 0 fully saturated rings. The fraction of sp³-hybridized carbons (Fsp3) is 0.208. The van der Waals surface area contributed by atoms with Crippen LogP contribution in [0.5, 0.6) is 5.75 Å². The first-order valence-corrected chi connectivity index (χ1v) is 9.80. The zero-order valence-corrected chi connectivity index (χ0v) is 16.7. The van der Waals surface area contributed by atoms with E-state index in [-0.39, 0.29) is 18.3 Å². The second-order valence-corrected chi connectivity index (χ2v) is 6.81. The standard InChI is InChI=1S/C24H24N2O4/c1-2-30-24(29)22(20-14-13-19(27)16-25-20)21(15-17-9-5-3-6-10-17)26-23(28)18-11-7-4-8-12-18/h3-14,16,21-22,27H,2,15H2,1H3,(H,26,28). The molecule has 6 heteroatoms. The Balaban J connectivity index is 1.97. The Morgan fingerprint density at radius 2 is 1.67 bits per heavy atom. The predicted octanol–water partition coefficient (Wildman–Crippen LogP) is 3.48. The highest BCUT2D eigenvalue weighted by atomic mass is 16.5. The topological polar surface area (TPSA) is 88.5 Å². The van der Waals surface area contributed by atoms with Crippen molar-refractivity contribution < 1.29 is 19.4 Å². The molecular weight excluding hydrogens is 380 g/mol. The van der Waals surface area contributed by atoms with Gasteiger partial charge in [0.15, 0.2) is 0 Å². The van der Waals surface area contributed by atoms with Crippen LogP contribution >= 0.6 is 0 Å². The number of esters is 1. The fourth-order valence-electron chi connectivity index (χ4n) is 3.27. The maximum atomic E-state index is 12.9. The van der Waals surface area contributed by atoms with E-state index in [4.69, 9.17) is 4.74 Å². The van der Waals surface area contributed by atoms with Crippen LogP contribution in [0, 0.1) is 0 Å². The summed E-state index contributed by atoms with van der Waals surface area (Å²) in [6.45, 7) is 1.94. The maximum Gasteiger partial charge on any atom is 0.317 e. The van der Waals surface area contributed by atoms with Crippen LogP contribution in [0.3, 0.4) is 0 Å². The van der Waals surface area contributed by atoms with E-state index in [2.05, 4.69) is 10.3 Å². The number of nitrogens with one attached hydrogen (secondary N) is 1. The molecule has 154 valence electrons. The third-order valence-electron chi connectivity index (χ3n) is 4.68. The van der Waals surface area contributed by atoms with Crippen LogP contribution in [0.15, 0.2) is 79.0 Å². The lowest BCUT2D eigenvalue weighted by Crippen LogP contribution is -2.44. The van der Waals surface area contributed by atoms with Gasteiger partial charge in [-0.1, -0.05) is 48.5 Å². The number of benzene rings is 2. The number of hydrogen-bond acceptors (Lipinski definition) is 5. The van der Waals surface area contributed by atoms with Crippen molar-refractivity contribution in [2.75, 3.05) is 6.61 Å². The van der Waals surface area contributed by atoms with E-state index in [1.54, 1.807) is 37.3 Å². The first-order valence-electron chi connectivity index (χ1n) is 9.80. The van der Waals surface area contributed by atoms with E-state index in [0.717, 1.165) is 5.56 Å². The van der Waals surface area contributed by atoms with Crippen LogP contribution in [0.2, 0.25) is 0 Å². The number of carbonyl (C=O) groups excluding carboxylic acids is 2. The minimum atomic E-state index is -0.835. The molecule has 2 N–H and O–H groups in total. The minimum Gasteiger partial charge on any atom is -0.506 e. The molecule has 1 aromatic heterocycles. The van der Waals surface area contributed by atoms with Gasteiger partial charge in [-0.3, -0.25) is 14.6 Å². The number of rotatable bonds is 8. The molecule has 0 saturated heterocycles. The molecule has 2 atom stereocenters. The molecule has 3 rings (SSSR count). The van der Waals surface area contributed by atoms with Gasteiger partial charge in [-0.15, -0.1) is 0 Å². The summed E-state index contributed by atoms with van der Waals surface area (Å²) in [5, 5.41) is 12.6. The first-order chi connectivity index (χ1) is 14.6. The quantitative estimate of drug-likeness (QED) is 0.561. The summed E-state index contributed by atoms with van der Waals surface area (Å²) >= 11 is 0. The Hall–Kier alpha value is -3.67. The third kappa shape index (κ3) is 5.44. The number of carbonyl (C=O) groups is 2. The summed E-state index contributed by atoms with van der Waals surface area (Å²) in [6.07, 6.45) is 1.69. The molecule has 3 aromatic rings. The van der Waals surface area contributed by atoms with Gasteiger partial charge in [-0.25, -0.2) is 0 Å². The van der Waals surface area contributed by atoms with Crippen molar-refractivity contribution in [1.29, 1.82) is 0 Å². The number of amides is 1. The van der Waals surface area contributed by atoms with E-state index in [1.807, 2.05) is 36.4 Å². The molecule has 0 aliphatic carbocycles. The summed E-state index contributed by atoms with van der Waals surface area (Å²) in [5.41, 5.74) is 1.88. The highest BCUT2D eigenvalue weighted by Gasteiger charge is 2.34. The first kappa shape index (κ1) is 21.0. The Labute approximate surface area is 175 Å². The average Bonchev–Trinajstić information content (AvgIpc) is 2.77. The summed E-state index contributed by atoms with van der Waals surface area (Å²) in [5.74, 6) is -1.61. The normalized spacial score (nSPS) is 12.6. The number of pyridine rings is 1. The Kier molecular flexibility index (Phi) is 7.16. The number of hydrogen-bond donors (Lipinski definition) is 2. The molecule has 6 nitrogen and oxygen atoms in total. The predicted molar refractivity (Wildman–Crippen MR) is 113 cm³/mol. The lowest BCUT2D eigenvalue weighted by atomic mass is 9.90. The van der Waals surface area contributed by atoms with Crippen LogP contribution in [0.25, 0.3) is 0 Å². The monoisotopic (exact) mass is 404 g/mol. The largest absolute Gasteiger partial charge is 0.506 e.